The highest BCUT2D eigenvalue weighted by Crippen LogP contribution is 2.30. The Morgan fingerprint density at radius 2 is 1.79 bits per heavy atom. The number of alkyl halides is 3. The van der Waals surface area contributed by atoms with E-state index in [2.05, 4.69) is 4.72 Å². The first-order valence-electron chi connectivity index (χ1n) is 7.49. The molecule has 136 valence electrons. The summed E-state index contributed by atoms with van der Waals surface area (Å²) in [5.74, 6) is -0.383. The van der Waals surface area contributed by atoms with Gasteiger partial charge in [0.05, 0.1) is 11.3 Å². The number of anilines is 1. The van der Waals surface area contributed by atoms with Crippen LogP contribution >= 0.6 is 0 Å². The van der Waals surface area contributed by atoms with E-state index in [9.17, 15) is 26.4 Å². The molecule has 5 nitrogen and oxygen atoms in total. The first-order valence-corrected chi connectivity index (χ1v) is 9.14. The van der Waals surface area contributed by atoms with Gasteiger partial charge in [0.2, 0.25) is 15.9 Å². The van der Waals surface area contributed by atoms with Crippen molar-refractivity contribution in [3.63, 3.8) is 0 Å². The molecule has 1 N–H and O–H groups in total. The second-order valence-corrected chi connectivity index (χ2v) is 7.21. The van der Waals surface area contributed by atoms with Crippen LogP contribution in [0, 0.1) is 0 Å². The van der Waals surface area contributed by atoms with Gasteiger partial charge in [-0.15, -0.1) is 0 Å². The number of nitrogens with zero attached hydrogens (tertiary/aromatic N) is 1. The summed E-state index contributed by atoms with van der Waals surface area (Å²) in [6.45, 7) is 3.17. The monoisotopic (exact) mass is 366 g/mol. The van der Waals surface area contributed by atoms with E-state index in [1.54, 1.807) is 0 Å². The molecule has 1 aromatic carbocycles. The molecule has 0 aromatic heterocycles. The summed E-state index contributed by atoms with van der Waals surface area (Å²) in [6.07, 6.45) is -3.18. The Hall–Kier alpha value is -1.61. The number of unbranched alkanes of at least 4 members (excludes halogenated alkanes) is 1. The highest BCUT2D eigenvalue weighted by Gasteiger charge is 2.30. The molecule has 1 amide bonds. The number of hydrogen-bond donors (Lipinski definition) is 1. The Morgan fingerprint density at radius 1 is 1.21 bits per heavy atom. The largest absolute Gasteiger partial charge is 0.416 e. The molecule has 0 aliphatic carbocycles. The van der Waals surface area contributed by atoms with Gasteiger partial charge < -0.3 is 4.90 Å². The van der Waals surface area contributed by atoms with Gasteiger partial charge in [-0.1, -0.05) is 13.3 Å². The fraction of sp³-hybridized carbons (Fsp3) is 0.533. The second kappa shape index (κ2) is 8.48. The summed E-state index contributed by atoms with van der Waals surface area (Å²) in [4.78, 5) is 12.9. The van der Waals surface area contributed by atoms with Crippen molar-refractivity contribution in [3.8, 4) is 0 Å². The number of nitrogens with one attached hydrogen (secondary N) is 1. The van der Waals surface area contributed by atoms with Crippen LogP contribution in [0.4, 0.5) is 18.9 Å². The van der Waals surface area contributed by atoms with Gasteiger partial charge in [0, 0.05) is 25.7 Å². The van der Waals surface area contributed by atoms with E-state index in [1.165, 1.54) is 24.0 Å². The standard InChI is InChI=1S/C15H21F3N2O3S/c1-3-4-11-24(22,23)19-9-10-20(12(2)21)14-7-5-13(6-8-14)15(16,17)18/h5-8,19H,3-4,9-11H2,1-2H3. The number of halogens is 3. The van der Waals surface area contributed by atoms with Crippen LogP contribution in [0.2, 0.25) is 0 Å². The minimum absolute atomic E-state index is 0.00382. The lowest BCUT2D eigenvalue weighted by molar-refractivity contribution is -0.137. The molecule has 1 rings (SSSR count). The number of amides is 1. The molecule has 0 unspecified atom stereocenters. The van der Waals surface area contributed by atoms with Crippen LogP contribution in [0.5, 0.6) is 0 Å². The zero-order valence-electron chi connectivity index (χ0n) is 13.6. The second-order valence-electron chi connectivity index (χ2n) is 5.28. The summed E-state index contributed by atoms with van der Waals surface area (Å²) in [6, 6.07) is 4.15. The molecule has 9 heteroatoms. The zero-order chi connectivity index (χ0) is 18.4. The lowest BCUT2D eigenvalue weighted by Crippen LogP contribution is -2.38. The fourth-order valence-corrected chi connectivity index (χ4v) is 3.23. The van der Waals surface area contributed by atoms with Crippen LogP contribution in [0.3, 0.4) is 0 Å². The number of carbonyl (C=O) groups is 1. The topological polar surface area (TPSA) is 66.5 Å². The molecule has 0 spiro atoms. The van der Waals surface area contributed by atoms with Gasteiger partial charge in [0.1, 0.15) is 0 Å². The fourth-order valence-electron chi connectivity index (χ4n) is 2.02. The van der Waals surface area contributed by atoms with E-state index in [1.807, 2.05) is 6.92 Å². The minimum Gasteiger partial charge on any atom is -0.311 e. The normalized spacial score (nSPS) is 12.2. The lowest BCUT2D eigenvalue weighted by atomic mass is 10.2. The average Bonchev–Trinajstić information content (AvgIpc) is 2.48. The molecule has 24 heavy (non-hydrogen) atoms. The third-order valence-corrected chi connectivity index (χ3v) is 4.78. The molecule has 0 saturated heterocycles. The maximum atomic E-state index is 12.6. The van der Waals surface area contributed by atoms with Crippen molar-refractivity contribution in [1.29, 1.82) is 0 Å². The van der Waals surface area contributed by atoms with Crippen molar-refractivity contribution in [2.75, 3.05) is 23.7 Å². The van der Waals surface area contributed by atoms with Crippen LogP contribution in [0.25, 0.3) is 0 Å². The summed E-state index contributed by atoms with van der Waals surface area (Å²) in [5.41, 5.74) is -0.529. The molecular formula is C15H21F3N2O3S. The van der Waals surface area contributed by atoms with Crippen LogP contribution in [-0.4, -0.2) is 33.2 Å². The molecule has 0 bridgehead atoms. The highest BCUT2D eigenvalue weighted by atomic mass is 32.2. The van der Waals surface area contributed by atoms with Crippen LogP contribution in [0.15, 0.2) is 24.3 Å². The number of sulfonamides is 1. The summed E-state index contributed by atoms with van der Waals surface area (Å²) < 4.78 is 63.4. The van der Waals surface area contributed by atoms with Crippen molar-refractivity contribution in [3.05, 3.63) is 29.8 Å². The number of benzene rings is 1. The van der Waals surface area contributed by atoms with E-state index in [-0.39, 0.29) is 30.4 Å². The Bertz CT molecular complexity index is 643. The van der Waals surface area contributed by atoms with Gasteiger partial charge in [-0.2, -0.15) is 13.2 Å². The average molecular weight is 366 g/mol. The third kappa shape index (κ3) is 6.48. The molecular weight excluding hydrogens is 345 g/mol. The van der Waals surface area contributed by atoms with Crippen molar-refractivity contribution in [1.82, 2.24) is 4.72 Å². The van der Waals surface area contributed by atoms with E-state index in [0.29, 0.717) is 6.42 Å². The van der Waals surface area contributed by atoms with Crippen LogP contribution in [-0.2, 0) is 21.0 Å². The Balaban J connectivity index is 2.73. The van der Waals surface area contributed by atoms with Crippen LogP contribution < -0.4 is 9.62 Å². The van der Waals surface area contributed by atoms with Crippen molar-refractivity contribution in [2.45, 2.75) is 32.9 Å². The summed E-state index contributed by atoms with van der Waals surface area (Å²) in [5, 5.41) is 0. The Kier molecular flexibility index (Phi) is 7.22. The molecule has 0 aliphatic rings. The summed E-state index contributed by atoms with van der Waals surface area (Å²) in [7, 11) is -3.41. The van der Waals surface area contributed by atoms with Gasteiger partial charge >= 0.3 is 6.18 Å². The Morgan fingerprint density at radius 3 is 2.25 bits per heavy atom. The number of carbonyl (C=O) groups excluding carboxylic acids is 1. The molecule has 0 fully saturated rings. The first kappa shape index (κ1) is 20.4. The highest BCUT2D eigenvalue weighted by molar-refractivity contribution is 7.89. The van der Waals surface area contributed by atoms with Gasteiger partial charge in [-0.25, -0.2) is 13.1 Å². The minimum atomic E-state index is -4.45. The molecule has 1 aromatic rings. The van der Waals surface area contributed by atoms with Gasteiger partial charge in [-0.3, -0.25) is 4.79 Å². The first-order chi connectivity index (χ1) is 11.1. The molecule has 0 heterocycles. The lowest BCUT2D eigenvalue weighted by Gasteiger charge is -2.22. The Labute approximate surface area is 139 Å². The molecule has 0 aliphatic heterocycles. The smallest absolute Gasteiger partial charge is 0.311 e. The molecule has 0 atom stereocenters. The predicted octanol–water partition coefficient (Wildman–Crippen LogP) is 2.78. The molecule has 0 radical (unpaired) electrons. The number of rotatable bonds is 8. The SMILES string of the molecule is CCCCS(=O)(=O)NCCN(C(C)=O)c1ccc(C(F)(F)F)cc1. The predicted molar refractivity (Wildman–Crippen MR) is 86.2 cm³/mol. The zero-order valence-corrected chi connectivity index (χ0v) is 14.4. The van der Waals surface area contributed by atoms with E-state index < -0.39 is 21.8 Å². The number of hydrogen-bond acceptors (Lipinski definition) is 3. The van der Waals surface area contributed by atoms with E-state index in [4.69, 9.17) is 0 Å². The van der Waals surface area contributed by atoms with Crippen molar-refractivity contribution < 1.29 is 26.4 Å². The maximum absolute atomic E-state index is 12.6. The van der Waals surface area contributed by atoms with Crippen LogP contribution in [0.1, 0.15) is 32.3 Å². The van der Waals surface area contributed by atoms with Gasteiger partial charge in [0.25, 0.3) is 0 Å². The third-order valence-electron chi connectivity index (χ3n) is 3.31. The maximum Gasteiger partial charge on any atom is 0.416 e. The van der Waals surface area contributed by atoms with Crippen molar-refractivity contribution >= 4 is 21.6 Å². The van der Waals surface area contributed by atoms with Gasteiger partial charge in [-0.05, 0) is 30.7 Å². The van der Waals surface area contributed by atoms with Gasteiger partial charge in [0.15, 0.2) is 0 Å². The van der Waals surface area contributed by atoms with E-state index in [0.717, 1.165) is 18.6 Å². The van der Waals surface area contributed by atoms with Crippen molar-refractivity contribution in [2.24, 2.45) is 0 Å². The summed E-state index contributed by atoms with van der Waals surface area (Å²) >= 11 is 0. The molecule has 0 saturated carbocycles. The van der Waals surface area contributed by atoms with E-state index >= 15 is 0 Å². The quantitative estimate of drug-likeness (QED) is 0.769.